The lowest BCUT2D eigenvalue weighted by atomic mass is 10.1. The molecule has 0 aliphatic carbocycles. The van der Waals surface area contributed by atoms with E-state index in [2.05, 4.69) is 4.29 Å². The quantitative estimate of drug-likeness (QED) is 0.742. The molecule has 3 rings (SSSR count). The van der Waals surface area contributed by atoms with Gasteiger partial charge in [0.25, 0.3) is 0 Å². The van der Waals surface area contributed by atoms with E-state index in [1.807, 2.05) is 60.7 Å². The maximum absolute atomic E-state index is 10.9. The van der Waals surface area contributed by atoms with E-state index in [9.17, 15) is 14.0 Å². The smallest absolute Gasteiger partial charge is 0.183 e. The van der Waals surface area contributed by atoms with Gasteiger partial charge in [0.15, 0.2) is 0 Å². The minimum atomic E-state index is -4.64. The van der Waals surface area contributed by atoms with Gasteiger partial charge < -0.3 is 0 Å². The molecule has 0 saturated carbocycles. The molecule has 0 N–H and O–H groups in total. The molecule has 0 amide bonds. The van der Waals surface area contributed by atoms with Gasteiger partial charge in [-0.2, -0.15) is 14.0 Å². The van der Waals surface area contributed by atoms with Crippen LogP contribution in [-0.2, 0) is 4.29 Å². The van der Waals surface area contributed by atoms with Crippen molar-refractivity contribution in [1.29, 1.82) is 0 Å². The molecule has 0 aromatic heterocycles. The Kier molecular flexibility index (Phi) is 4.96. The Balaban J connectivity index is 2.02. The molecule has 1 aliphatic heterocycles. The van der Waals surface area contributed by atoms with Crippen LogP contribution in [0.25, 0.3) is 9.81 Å². The van der Waals surface area contributed by atoms with E-state index in [0.717, 1.165) is 44.5 Å². The predicted molar refractivity (Wildman–Crippen MR) is 84.5 cm³/mol. The van der Waals surface area contributed by atoms with E-state index in [1.54, 1.807) is 0 Å². The molecule has 1 heterocycles. The van der Waals surface area contributed by atoms with Gasteiger partial charge in [0.05, 0.1) is 10.2 Å². The first-order valence-corrected chi connectivity index (χ1v) is 9.64. The van der Waals surface area contributed by atoms with Crippen molar-refractivity contribution >= 4 is 44.9 Å². The topological polar surface area (TPSA) is 78.4 Å². The zero-order chi connectivity index (χ0) is 16.5. The summed E-state index contributed by atoms with van der Waals surface area (Å²) >= 11 is 8.21. The second kappa shape index (κ2) is 6.66. The molecule has 120 valence electrons. The number of halogens is 2. The van der Waals surface area contributed by atoms with Crippen LogP contribution in [0.1, 0.15) is 11.1 Å². The summed E-state index contributed by atoms with van der Waals surface area (Å²) in [7, 11) is -4.64. The zero-order valence-electron chi connectivity index (χ0n) is 11.5. The predicted octanol–water partition coefficient (Wildman–Crippen LogP) is 1.76. The highest BCUT2D eigenvalue weighted by Crippen LogP contribution is 2.63. The van der Waals surface area contributed by atoms with Crippen molar-refractivity contribution in [2.75, 3.05) is 0 Å². The highest BCUT2D eigenvalue weighted by atomic mass is 35.7. The molecule has 0 unspecified atom stereocenters. The second-order valence-corrected chi connectivity index (χ2v) is 9.05. The monoisotopic (exact) mass is 388 g/mol. The highest BCUT2D eigenvalue weighted by Gasteiger charge is 2.53. The van der Waals surface area contributed by atoms with Crippen molar-refractivity contribution in [2.45, 2.75) is 3.72 Å². The van der Waals surface area contributed by atoms with Gasteiger partial charge in [-0.1, -0.05) is 60.7 Å². The summed E-state index contributed by atoms with van der Waals surface area (Å²) in [5, 5.41) is 0. The van der Waals surface area contributed by atoms with Gasteiger partial charge in [-0.25, -0.2) is 0 Å². The summed E-state index contributed by atoms with van der Waals surface area (Å²) in [5.74, 6) is 0. The summed E-state index contributed by atoms with van der Waals surface area (Å²) in [6.07, 6.45) is 0. The zero-order valence-corrected chi connectivity index (χ0v) is 14.6. The molecule has 2 aromatic rings. The van der Waals surface area contributed by atoms with Crippen LogP contribution in [0.15, 0.2) is 60.7 Å². The van der Waals surface area contributed by atoms with Gasteiger partial charge in [-0.05, 0) is 46.3 Å². The van der Waals surface area contributed by atoms with Crippen molar-refractivity contribution in [3.63, 3.8) is 0 Å². The third-order valence-corrected chi connectivity index (χ3v) is 6.71. The van der Waals surface area contributed by atoms with E-state index in [4.69, 9.17) is 11.6 Å². The Bertz CT molecular complexity index is 666. The van der Waals surface area contributed by atoms with Gasteiger partial charge in [0.2, 0.25) is 0 Å². The molecular formula is C15H10Cl2O4S2. The third-order valence-electron chi connectivity index (χ3n) is 2.91. The van der Waals surface area contributed by atoms with Gasteiger partial charge in [-0.3, -0.25) is 0 Å². The van der Waals surface area contributed by atoms with Crippen LogP contribution in [0.5, 0.6) is 0 Å². The van der Waals surface area contributed by atoms with Gasteiger partial charge in [0.1, 0.15) is 4.29 Å². The molecular weight excluding hydrogens is 379 g/mol. The Morgan fingerprint density at radius 2 is 1.17 bits per heavy atom. The summed E-state index contributed by atoms with van der Waals surface area (Å²) in [4.78, 5) is 1.52. The van der Waals surface area contributed by atoms with Crippen molar-refractivity contribution in [3.8, 4) is 0 Å². The van der Waals surface area contributed by atoms with E-state index in [1.165, 1.54) is 0 Å². The first kappa shape index (κ1) is 17.1. The second-order valence-electron chi connectivity index (χ2n) is 4.53. The first-order chi connectivity index (χ1) is 10.9. The minimum absolute atomic E-state index is 0.760. The van der Waals surface area contributed by atoms with Crippen molar-refractivity contribution in [1.82, 2.24) is 0 Å². The molecule has 0 spiro atoms. The lowest BCUT2D eigenvalue weighted by Gasteiger charge is -2.19. The van der Waals surface area contributed by atoms with Crippen LogP contribution in [0.2, 0.25) is 0 Å². The van der Waals surface area contributed by atoms with Crippen LogP contribution < -0.4 is 14.0 Å². The van der Waals surface area contributed by atoms with Gasteiger partial charge in [-0.15, -0.1) is 0 Å². The number of rotatable bonds is 4. The summed E-state index contributed by atoms with van der Waals surface area (Å²) in [6.45, 7) is 0. The fourth-order valence-corrected chi connectivity index (χ4v) is 6.01. The fourth-order valence-electron chi connectivity index (χ4n) is 2.06. The average Bonchev–Trinajstić information content (AvgIpc) is 2.84. The van der Waals surface area contributed by atoms with E-state index >= 15 is 0 Å². The van der Waals surface area contributed by atoms with Crippen LogP contribution in [-0.4, -0.2) is 3.72 Å². The Hall–Kier alpha value is -0.700. The molecule has 0 radical (unpaired) electrons. The van der Waals surface area contributed by atoms with Crippen molar-refractivity contribution in [3.05, 3.63) is 71.8 Å². The molecule has 8 heteroatoms. The number of thioether (sulfide) groups is 2. The Morgan fingerprint density at radius 3 is 1.52 bits per heavy atom. The Labute approximate surface area is 148 Å². The van der Waals surface area contributed by atoms with Crippen LogP contribution in [0, 0.1) is 10.2 Å². The van der Waals surface area contributed by atoms with E-state index < -0.39 is 14.0 Å². The molecule has 0 fully saturated rings. The summed E-state index contributed by atoms with van der Waals surface area (Å²) < 4.78 is 35.6. The SMILES string of the molecule is [O-][Cl+3]([O-])([O-])OC1(Cl)SC(c2ccccc2)=C(c2ccccc2)S1. The van der Waals surface area contributed by atoms with Crippen LogP contribution in [0.3, 0.4) is 0 Å². The first-order valence-electron chi connectivity index (χ1n) is 6.40. The number of alkyl halides is 1. The van der Waals surface area contributed by atoms with Crippen molar-refractivity contribution in [2.24, 2.45) is 0 Å². The highest BCUT2D eigenvalue weighted by molar-refractivity contribution is 8.32. The maximum atomic E-state index is 10.9. The molecule has 23 heavy (non-hydrogen) atoms. The molecule has 0 atom stereocenters. The van der Waals surface area contributed by atoms with E-state index in [-0.39, 0.29) is 0 Å². The molecule has 2 aromatic carbocycles. The molecule has 0 bridgehead atoms. The number of benzene rings is 2. The normalized spacial score (nSPS) is 17.6. The minimum Gasteiger partial charge on any atom is -0.183 e. The maximum Gasteiger partial charge on any atom is 0.398 e. The molecule has 1 aliphatic rings. The van der Waals surface area contributed by atoms with Crippen LogP contribution in [0.4, 0.5) is 0 Å². The standard InChI is InChI=1S/C15H10Cl2O4S2/c16-15(21-17(18,19)20)22-13(11-7-3-1-4-8-11)14(23-15)12-9-5-2-6-10-12/h1-10H. The third kappa shape index (κ3) is 4.23. The Morgan fingerprint density at radius 1 is 0.783 bits per heavy atom. The van der Waals surface area contributed by atoms with Crippen LogP contribution >= 0.6 is 35.1 Å². The number of hydrogen-bond donors (Lipinski definition) is 0. The lowest BCUT2D eigenvalue weighted by Crippen LogP contribution is -2.62. The molecule has 0 saturated heterocycles. The average molecular weight is 389 g/mol. The van der Waals surface area contributed by atoms with Gasteiger partial charge >= 0.3 is 3.72 Å². The summed E-state index contributed by atoms with van der Waals surface area (Å²) in [5.41, 5.74) is 1.74. The lowest BCUT2D eigenvalue weighted by molar-refractivity contribution is -1.92. The largest absolute Gasteiger partial charge is 0.398 e. The van der Waals surface area contributed by atoms with E-state index in [0.29, 0.717) is 0 Å². The number of hydrogen-bond acceptors (Lipinski definition) is 6. The van der Waals surface area contributed by atoms with Crippen molar-refractivity contribution < 1.29 is 28.5 Å². The van der Waals surface area contributed by atoms with Gasteiger partial charge in [0, 0.05) is 9.81 Å². The molecule has 4 nitrogen and oxygen atoms in total. The fraction of sp³-hybridized carbons (Fsp3) is 0.0667. The summed E-state index contributed by atoms with van der Waals surface area (Å²) in [6, 6.07) is 18.8.